The van der Waals surface area contributed by atoms with Gasteiger partial charge >= 0.3 is 0 Å². The van der Waals surface area contributed by atoms with Crippen LogP contribution < -0.4 is 10.6 Å². The monoisotopic (exact) mass is 350 g/mol. The summed E-state index contributed by atoms with van der Waals surface area (Å²) < 4.78 is 5.31. The third-order valence-corrected chi connectivity index (χ3v) is 4.58. The van der Waals surface area contributed by atoms with Crippen molar-refractivity contribution >= 4 is 5.96 Å². The van der Waals surface area contributed by atoms with Crippen molar-refractivity contribution in [3.8, 4) is 0 Å². The Bertz CT molecular complexity index is 508. The van der Waals surface area contributed by atoms with Gasteiger partial charge in [0.15, 0.2) is 5.96 Å². The maximum absolute atomic E-state index is 10.5. The Labute approximate surface area is 151 Å². The summed E-state index contributed by atoms with van der Waals surface area (Å²) in [6.45, 7) is 11.5. The van der Waals surface area contributed by atoms with Crippen LogP contribution >= 0.6 is 0 Å². The number of nitrogens with one attached hydrogen (secondary N) is 2. The Morgan fingerprint density at radius 2 is 2.12 bits per heavy atom. The molecule has 1 aromatic heterocycles. The highest BCUT2D eigenvalue weighted by Gasteiger charge is 2.26. The highest BCUT2D eigenvalue weighted by atomic mass is 16.4. The molecular formula is C19H34N4O2. The average molecular weight is 351 g/mol. The van der Waals surface area contributed by atoms with E-state index < -0.39 is 5.60 Å². The zero-order chi connectivity index (χ0) is 18.1. The van der Waals surface area contributed by atoms with Crippen molar-refractivity contribution in [1.82, 2.24) is 15.5 Å². The third kappa shape index (κ3) is 6.71. The molecule has 6 heteroatoms. The number of hydrogen-bond donors (Lipinski definition) is 3. The zero-order valence-corrected chi connectivity index (χ0v) is 15.9. The van der Waals surface area contributed by atoms with Crippen molar-refractivity contribution in [2.75, 3.05) is 39.3 Å². The summed E-state index contributed by atoms with van der Waals surface area (Å²) in [5, 5.41) is 17.2. The smallest absolute Gasteiger partial charge is 0.191 e. The molecule has 1 aliphatic rings. The molecule has 3 N–H and O–H groups in total. The lowest BCUT2D eigenvalue weighted by Crippen LogP contribution is -2.43. The Morgan fingerprint density at radius 1 is 1.36 bits per heavy atom. The van der Waals surface area contributed by atoms with Gasteiger partial charge in [-0.05, 0) is 57.8 Å². The lowest BCUT2D eigenvalue weighted by Gasteiger charge is -2.29. The van der Waals surface area contributed by atoms with E-state index in [1.165, 1.54) is 32.4 Å². The van der Waals surface area contributed by atoms with Gasteiger partial charge in [0.05, 0.1) is 12.8 Å². The van der Waals surface area contributed by atoms with Crippen LogP contribution in [0.25, 0.3) is 0 Å². The second-order valence-corrected chi connectivity index (χ2v) is 7.29. The summed E-state index contributed by atoms with van der Waals surface area (Å²) >= 11 is 0. The first-order valence-corrected chi connectivity index (χ1v) is 9.52. The van der Waals surface area contributed by atoms with E-state index in [-0.39, 0.29) is 6.54 Å². The van der Waals surface area contributed by atoms with E-state index in [1.807, 2.05) is 6.92 Å². The number of likely N-dealkylation sites (tertiary alicyclic amines) is 1. The van der Waals surface area contributed by atoms with Crippen LogP contribution in [0, 0.1) is 5.92 Å². The normalized spacial score (nSPS) is 20.1. The van der Waals surface area contributed by atoms with Gasteiger partial charge in [0, 0.05) is 19.6 Å². The predicted octanol–water partition coefficient (Wildman–Crippen LogP) is 2.16. The van der Waals surface area contributed by atoms with Crippen LogP contribution in [0.1, 0.15) is 45.8 Å². The number of guanidine groups is 1. The largest absolute Gasteiger partial charge is 0.466 e. The minimum Gasteiger partial charge on any atom is -0.466 e. The predicted molar refractivity (Wildman–Crippen MR) is 102 cm³/mol. The van der Waals surface area contributed by atoms with E-state index in [0.29, 0.717) is 11.7 Å². The van der Waals surface area contributed by atoms with Crippen LogP contribution in [-0.2, 0) is 5.60 Å². The molecule has 2 unspecified atom stereocenters. The van der Waals surface area contributed by atoms with E-state index in [2.05, 4.69) is 27.4 Å². The Balaban J connectivity index is 1.82. The van der Waals surface area contributed by atoms with E-state index >= 15 is 0 Å². The fourth-order valence-corrected chi connectivity index (χ4v) is 3.16. The molecule has 142 valence electrons. The Hall–Kier alpha value is -1.53. The van der Waals surface area contributed by atoms with Crippen molar-refractivity contribution in [1.29, 1.82) is 0 Å². The molecule has 0 saturated carbocycles. The zero-order valence-electron chi connectivity index (χ0n) is 15.9. The molecule has 1 aromatic rings. The summed E-state index contributed by atoms with van der Waals surface area (Å²) in [5.74, 6) is 1.82. The number of hydrogen-bond acceptors (Lipinski definition) is 4. The molecule has 0 aromatic carbocycles. The van der Waals surface area contributed by atoms with Crippen molar-refractivity contribution in [2.45, 2.75) is 45.6 Å². The fraction of sp³-hybridized carbons (Fsp3) is 0.737. The summed E-state index contributed by atoms with van der Waals surface area (Å²) in [5.41, 5.74) is -1.11. The van der Waals surface area contributed by atoms with Crippen LogP contribution in [-0.4, -0.2) is 55.2 Å². The number of nitrogens with zero attached hydrogens (tertiary/aromatic N) is 2. The molecule has 0 bridgehead atoms. The first kappa shape index (κ1) is 19.8. The number of furan rings is 1. The van der Waals surface area contributed by atoms with Crippen LogP contribution in [0.5, 0.6) is 0 Å². The van der Waals surface area contributed by atoms with Gasteiger partial charge in [0.1, 0.15) is 11.4 Å². The van der Waals surface area contributed by atoms with Gasteiger partial charge in [0.25, 0.3) is 0 Å². The van der Waals surface area contributed by atoms with Crippen molar-refractivity contribution in [3.05, 3.63) is 24.2 Å². The van der Waals surface area contributed by atoms with Gasteiger partial charge in [-0.2, -0.15) is 0 Å². The molecule has 6 nitrogen and oxygen atoms in total. The fourth-order valence-electron chi connectivity index (χ4n) is 3.16. The first-order chi connectivity index (χ1) is 12.0. The second kappa shape index (κ2) is 9.82. The molecule has 0 aliphatic carbocycles. The maximum atomic E-state index is 10.5. The minimum absolute atomic E-state index is 0.246. The number of piperidine rings is 1. The van der Waals surface area contributed by atoms with E-state index in [0.717, 1.165) is 25.6 Å². The van der Waals surface area contributed by atoms with Gasteiger partial charge in [-0.15, -0.1) is 0 Å². The molecule has 1 saturated heterocycles. The van der Waals surface area contributed by atoms with E-state index in [9.17, 15) is 5.11 Å². The van der Waals surface area contributed by atoms with Crippen LogP contribution in [0.2, 0.25) is 0 Å². The lowest BCUT2D eigenvalue weighted by molar-refractivity contribution is 0.0437. The molecule has 25 heavy (non-hydrogen) atoms. The molecule has 0 radical (unpaired) electrons. The van der Waals surface area contributed by atoms with Crippen LogP contribution in [0.4, 0.5) is 0 Å². The average Bonchev–Trinajstić information content (AvgIpc) is 3.14. The number of aliphatic hydroxyl groups is 1. The molecule has 1 fully saturated rings. The van der Waals surface area contributed by atoms with Crippen LogP contribution in [0.3, 0.4) is 0 Å². The molecule has 1 aliphatic heterocycles. The topological polar surface area (TPSA) is 73.0 Å². The van der Waals surface area contributed by atoms with Crippen molar-refractivity contribution in [2.24, 2.45) is 10.9 Å². The van der Waals surface area contributed by atoms with Gasteiger partial charge < -0.3 is 25.1 Å². The molecular weight excluding hydrogens is 316 g/mol. The quantitative estimate of drug-likeness (QED) is 0.495. The molecule has 2 heterocycles. The van der Waals surface area contributed by atoms with Gasteiger partial charge in [-0.3, -0.25) is 0 Å². The summed E-state index contributed by atoms with van der Waals surface area (Å²) in [4.78, 5) is 7.09. The van der Waals surface area contributed by atoms with Gasteiger partial charge in [-0.1, -0.05) is 13.3 Å². The summed E-state index contributed by atoms with van der Waals surface area (Å²) in [7, 11) is 0. The summed E-state index contributed by atoms with van der Waals surface area (Å²) in [6.07, 6.45) is 5.59. The molecule has 0 spiro atoms. The highest BCUT2D eigenvalue weighted by Crippen LogP contribution is 2.21. The summed E-state index contributed by atoms with van der Waals surface area (Å²) in [6, 6.07) is 3.55. The van der Waals surface area contributed by atoms with E-state index in [1.54, 1.807) is 25.3 Å². The Kier molecular flexibility index (Phi) is 7.78. The second-order valence-electron chi connectivity index (χ2n) is 7.29. The first-order valence-electron chi connectivity index (χ1n) is 9.52. The maximum Gasteiger partial charge on any atom is 0.191 e. The SMILES string of the molecule is CCNC(=NCC(C)(O)c1ccco1)NCC(C)CN1CCCCC1. The molecule has 0 amide bonds. The number of rotatable bonds is 8. The van der Waals surface area contributed by atoms with E-state index in [4.69, 9.17) is 4.42 Å². The Morgan fingerprint density at radius 3 is 2.76 bits per heavy atom. The standard InChI is InChI=1S/C19H34N4O2/c1-4-20-18(22-15-19(3,24)17-9-8-12-25-17)21-13-16(2)14-23-10-6-5-7-11-23/h8-9,12,16,24H,4-7,10-11,13-15H2,1-3H3,(H2,20,21,22). The van der Waals surface area contributed by atoms with Crippen molar-refractivity contribution < 1.29 is 9.52 Å². The minimum atomic E-state index is -1.11. The van der Waals surface area contributed by atoms with Gasteiger partial charge in [-0.25, -0.2) is 4.99 Å². The van der Waals surface area contributed by atoms with Crippen LogP contribution in [0.15, 0.2) is 27.8 Å². The molecule has 2 atom stereocenters. The highest BCUT2D eigenvalue weighted by molar-refractivity contribution is 5.79. The number of aliphatic imine (C=N–C) groups is 1. The van der Waals surface area contributed by atoms with Gasteiger partial charge in [0.2, 0.25) is 0 Å². The third-order valence-electron chi connectivity index (χ3n) is 4.58. The lowest BCUT2D eigenvalue weighted by atomic mass is 10.0. The van der Waals surface area contributed by atoms with Crippen molar-refractivity contribution in [3.63, 3.8) is 0 Å². The molecule has 2 rings (SSSR count).